The number of hydrogen-bond donors (Lipinski definition) is 21. The quantitative estimate of drug-likeness (QED) is 0.0199. The number of carboxylic acids is 2. The van der Waals surface area contributed by atoms with Gasteiger partial charge in [-0.05, 0) is 138 Å². The van der Waals surface area contributed by atoms with E-state index in [2.05, 4.69) is 79.4 Å². The van der Waals surface area contributed by atoms with Gasteiger partial charge in [-0.2, -0.15) is 0 Å². The maximum atomic E-state index is 14.5. The Morgan fingerprint density at radius 1 is 0.415 bits per heavy atom. The molecule has 0 radical (unpaired) electrons. The normalized spacial score (nSPS) is 17.8. The monoisotopic (exact) mass is 1820 g/mol. The standard InChI is InChI=1S/C87H123N19O24/c1-44(2)33-58(100-83(125)71(46(5)6)103-82(124)66-24-17-30-104(66)84(126)49(9)94-74(116)56(88)37-53-39-89-57-22-15-14-21-55(53)57)77(119)99-61(38-70(112)113)78(120)98-60(35-51-19-12-11-13-20-51)76(118)95-50(10)85(127)106-32-18-25-67(106)86(128)105-31-16-23-65(105)81(123)91-40-68(110)92-47(7)72(114)102-64(43-108)79(121)93-48(8)73(115)97-59(36-52-26-28-54(109)29-27-52)75(117)90-41-69(111)96-63(42-107)80(122)101-62(87(129)130)34-45(3)4/h11-15,19-22,26-29,39,44-50,56,58-67,71,89,107-109H,16-18,23-25,30-38,40-43,88H2,1-10H3,(H,90,117)(H,91,123)(H,92,110)(H,93,121)(H,94,116)(H,95,118)(H,96,111)(H,97,115)(H,98,120)(H,99,119)(H,100,125)(H,101,122)(H,102,114)(H,103,124)(H,112,113)(H,129,130)/t47-,48-,49-,50-,56-,58-,59-,60-,61-,62-,63-,64-,65-,66-,67-,71-/m0/s1. The maximum Gasteiger partial charge on any atom is 0.326 e. The van der Waals surface area contributed by atoms with Crippen molar-refractivity contribution in [3.63, 3.8) is 0 Å². The molecule has 4 heterocycles. The molecular formula is C87H123N19O24. The van der Waals surface area contributed by atoms with Crippen LogP contribution in [0.5, 0.6) is 5.75 Å². The Bertz CT molecular complexity index is 4720. The fourth-order valence-electron chi connectivity index (χ4n) is 15.3. The number of benzene rings is 3. The van der Waals surface area contributed by atoms with Gasteiger partial charge >= 0.3 is 11.9 Å². The smallest absolute Gasteiger partial charge is 0.326 e. The predicted molar refractivity (Wildman–Crippen MR) is 466 cm³/mol. The number of nitrogens with two attached hydrogens (primary N) is 1. The van der Waals surface area contributed by atoms with E-state index in [0.29, 0.717) is 30.4 Å². The molecule has 3 saturated heterocycles. The summed E-state index contributed by atoms with van der Waals surface area (Å²) in [6.07, 6.45) is 1.94. The molecular weight excluding hydrogens is 1700 g/mol. The molecule has 710 valence electrons. The van der Waals surface area contributed by atoms with Crippen molar-refractivity contribution in [3.8, 4) is 5.75 Å². The second-order valence-electron chi connectivity index (χ2n) is 34.0. The second kappa shape index (κ2) is 49.4. The van der Waals surface area contributed by atoms with Crippen LogP contribution in [0.25, 0.3) is 10.9 Å². The molecule has 4 aromatic rings. The van der Waals surface area contributed by atoms with Crippen molar-refractivity contribution >= 4 is 123 Å². The number of para-hydroxylation sites is 1. The molecule has 3 aliphatic heterocycles. The fraction of sp³-hybridized carbons (Fsp3) is 0.552. The van der Waals surface area contributed by atoms with E-state index in [0.717, 1.165) is 16.5 Å². The van der Waals surface area contributed by atoms with Crippen LogP contribution in [0.15, 0.2) is 85.1 Å². The molecule has 43 nitrogen and oxygen atoms in total. The Kier molecular flexibility index (Phi) is 39.5. The third-order valence-electron chi connectivity index (χ3n) is 22.3. The summed E-state index contributed by atoms with van der Waals surface area (Å²) in [5.41, 5.74) is 8.87. The topological polar surface area (TPSA) is 645 Å². The zero-order chi connectivity index (χ0) is 96.1. The van der Waals surface area contributed by atoms with Crippen molar-refractivity contribution < 1.29 is 117 Å². The largest absolute Gasteiger partial charge is 0.508 e. The lowest BCUT2D eigenvalue weighted by Gasteiger charge is -2.32. The number of rotatable bonds is 47. The molecule has 1 aromatic heterocycles. The number of amides is 17. The van der Waals surface area contributed by atoms with E-state index in [1.807, 2.05) is 24.3 Å². The number of phenols is 1. The van der Waals surface area contributed by atoms with Crippen LogP contribution < -0.4 is 80.2 Å². The molecule has 7 rings (SSSR count). The summed E-state index contributed by atoms with van der Waals surface area (Å²) in [5, 5.41) is 84.7. The second-order valence-corrected chi connectivity index (χ2v) is 34.0. The third kappa shape index (κ3) is 30.5. The van der Waals surface area contributed by atoms with E-state index in [1.165, 1.54) is 66.7 Å². The van der Waals surface area contributed by atoms with Crippen LogP contribution in [-0.2, 0) is 110 Å². The number of phenolic OH excluding ortho intramolecular Hbond substituents is 1. The zero-order valence-electron chi connectivity index (χ0n) is 74.4. The van der Waals surface area contributed by atoms with Gasteiger partial charge in [0, 0.05) is 49.6 Å². The van der Waals surface area contributed by atoms with Crippen LogP contribution in [0.1, 0.15) is 144 Å². The number of nitrogens with zero attached hydrogens (tertiary/aromatic N) is 3. The summed E-state index contributed by atoms with van der Waals surface area (Å²) in [6.45, 7) is 12.1. The molecule has 0 spiro atoms. The third-order valence-corrected chi connectivity index (χ3v) is 22.3. The van der Waals surface area contributed by atoms with Crippen molar-refractivity contribution in [2.45, 2.75) is 243 Å². The minimum atomic E-state index is -1.89. The first kappa shape index (κ1) is 104. The van der Waals surface area contributed by atoms with Gasteiger partial charge in [-0.1, -0.05) is 102 Å². The molecule has 17 amide bonds. The number of carbonyl (C=O) groups excluding carboxylic acids is 17. The number of H-pyrrole nitrogens is 1. The van der Waals surface area contributed by atoms with E-state index in [9.17, 15) is 117 Å². The lowest BCUT2D eigenvalue weighted by Crippen LogP contribution is -2.61. The Morgan fingerprint density at radius 3 is 1.44 bits per heavy atom. The van der Waals surface area contributed by atoms with Gasteiger partial charge in [0.2, 0.25) is 100 Å². The summed E-state index contributed by atoms with van der Waals surface area (Å²) in [6, 6.07) is -0.926. The van der Waals surface area contributed by atoms with E-state index < -0.39 is 248 Å². The Morgan fingerprint density at radius 2 is 0.854 bits per heavy atom. The summed E-state index contributed by atoms with van der Waals surface area (Å²) >= 11 is 0. The number of nitrogens with one attached hydrogen (secondary N) is 15. The van der Waals surface area contributed by atoms with Crippen molar-refractivity contribution in [3.05, 3.63) is 102 Å². The first-order valence-corrected chi connectivity index (χ1v) is 43.4. The highest BCUT2D eigenvalue weighted by Crippen LogP contribution is 2.27. The van der Waals surface area contributed by atoms with E-state index in [-0.39, 0.29) is 88.6 Å². The molecule has 130 heavy (non-hydrogen) atoms. The molecule has 0 unspecified atom stereocenters. The molecule has 0 bridgehead atoms. The number of likely N-dealkylation sites (tertiary alicyclic amines) is 3. The van der Waals surface area contributed by atoms with Gasteiger partial charge in [-0.15, -0.1) is 0 Å². The minimum Gasteiger partial charge on any atom is -0.508 e. The number of aliphatic hydroxyl groups is 2. The lowest BCUT2D eigenvalue weighted by atomic mass is 9.99. The van der Waals surface area contributed by atoms with Gasteiger partial charge in [0.1, 0.15) is 96.4 Å². The number of carbonyl (C=O) groups is 19. The van der Waals surface area contributed by atoms with Crippen molar-refractivity contribution in [2.24, 2.45) is 23.5 Å². The number of aromatic nitrogens is 1. The fourth-order valence-corrected chi connectivity index (χ4v) is 15.3. The summed E-state index contributed by atoms with van der Waals surface area (Å²) < 4.78 is 0. The minimum absolute atomic E-state index is 0.0349. The van der Waals surface area contributed by atoms with Crippen LogP contribution >= 0.6 is 0 Å². The summed E-state index contributed by atoms with van der Waals surface area (Å²) in [4.78, 5) is 266. The van der Waals surface area contributed by atoms with Gasteiger partial charge in [-0.25, -0.2) is 4.79 Å². The number of aromatic hydroxyl groups is 1. The van der Waals surface area contributed by atoms with Crippen LogP contribution in [0.4, 0.5) is 0 Å². The van der Waals surface area contributed by atoms with Crippen molar-refractivity contribution in [1.29, 1.82) is 0 Å². The van der Waals surface area contributed by atoms with Gasteiger partial charge in [-0.3, -0.25) is 86.3 Å². The van der Waals surface area contributed by atoms with Gasteiger partial charge in [0.25, 0.3) is 0 Å². The first-order valence-electron chi connectivity index (χ1n) is 43.4. The highest BCUT2D eigenvalue weighted by molar-refractivity contribution is 6.02. The van der Waals surface area contributed by atoms with Crippen LogP contribution in [0.3, 0.4) is 0 Å². The van der Waals surface area contributed by atoms with Gasteiger partial charge in [0.15, 0.2) is 0 Å². The maximum absolute atomic E-state index is 14.5. The average Bonchev–Trinajstić information content (AvgIpc) is 1.64. The number of hydrogen-bond acceptors (Lipinski definition) is 23. The Balaban J connectivity index is 0.897. The van der Waals surface area contributed by atoms with E-state index in [4.69, 9.17) is 5.73 Å². The average molecular weight is 1820 g/mol. The van der Waals surface area contributed by atoms with Crippen LogP contribution in [-0.4, -0.2) is 300 Å². The number of aliphatic hydroxyl groups excluding tert-OH is 2. The van der Waals surface area contributed by atoms with Crippen LogP contribution in [0, 0.1) is 17.8 Å². The molecule has 22 N–H and O–H groups in total. The Labute approximate surface area is 750 Å². The SMILES string of the molecule is CC(C)C[C@H](NC(=O)[C@H](CO)NC(=O)CNC(=O)[C@H](Cc1ccc(O)cc1)NC(=O)[C@H](C)NC(=O)[C@H](CO)NC(=O)[C@H](C)NC(=O)CNC(=O)[C@@H]1CCCN1C(=O)[C@@H]1CCCN1C(=O)[C@H](C)NC(=O)[C@H](Cc1ccccc1)NC(=O)[C@H](CC(=O)O)NC(=O)[C@H](CC(C)C)NC(=O)[C@@H](NC(=O)[C@@H]1CCCN1C(=O)[C@H](C)NC(=O)[C@@H](N)Cc1c[nH]c2ccccc12)C(C)C)C(=O)O. The molecule has 3 aliphatic rings. The molecule has 0 aliphatic carbocycles. The molecule has 43 heteroatoms. The predicted octanol–water partition coefficient (Wildman–Crippen LogP) is -4.38. The molecule has 0 saturated carbocycles. The van der Waals surface area contributed by atoms with Crippen molar-refractivity contribution in [2.75, 3.05) is 45.9 Å². The van der Waals surface area contributed by atoms with Gasteiger partial charge < -0.3 is 125 Å². The number of aliphatic carboxylic acids is 2. The zero-order valence-corrected chi connectivity index (χ0v) is 74.4. The van der Waals surface area contributed by atoms with Gasteiger partial charge in [0.05, 0.1) is 38.8 Å². The Hall–Kier alpha value is -13.2. The molecule has 3 fully saturated rings. The van der Waals surface area contributed by atoms with Crippen molar-refractivity contribution in [1.82, 2.24) is 94.1 Å². The molecule has 3 aromatic carbocycles. The highest BCUT2D eigenvalue weighted by atomic mass is 16.4. The number of carboxylic acid groups (broad SMARTS) is 2. The lowest BCUT2D eigenvalue weighted by molar-refractivity contribution is -0.147. The summed E-state index contributed by atoms with van der Waals surface area (Å²) in [5.74, 6) is -19.0. The van der Waals surface area contributed by atoms with E-state index >= 15 is 0 Å². The highest BCUT2D eigenvalue weighted by Gasteiger charge is 2.45. The number of aromatic amines is 1. The van der Waals surface area contributed by atoms with Crippen LogP contribution in [0.2, 0.25) is 0 Å². The number of fused-ring (bicyclic) bond motifs is 1. The van der Waals surface area contributed by atoms with E-state index in [1.54, 1.807) is 78.1 Å². The first-order chi connectivity index (χ1) is 61.5. The summed E-state index contributed by atoms with van der Waals surface area (Å²) in [7, 11) is 0. The molecule has 16 atom stereocenters.